The third-order valence-corrected chi connectivity index (χ3v) is 5.85. The summed E-state index contributed by atoms with van der Waals surface area (Å²) in [6.07, 6.45) is 28.7. The molecular weight excluding hydrogens is 352 g/mol. The molecule has 3 N–H and O–H groups in total. The molecule has 0 heterocycles. The van der Waals surface area contributed by atoms with Crippen molar-refractivity contribution in [2.24, 2.45) is 5.73 Å². The summed E-state index contributed by atoms with van der Waals surface area (Å²) < 4.78 is 0. The van der Waals surface area contributed by atoms with Crippen LogP contribution in [0, 0.1) is 0 Å². The van der Waals surface area contributed by atoms with E-state index in [4.69, 9.17) is 5.73 Å². The van der Waals surface area contributed by atoms with Crippen LogP contribution in [0.5, 0.6) is 0 Å². The number of rotatable bonds is 22. The zero-order chi connectivity index (χ0) is 21.8. The standard InChI is InChI=1S/C20H42.C7H18N2/c1-3-5-7-9-11-13-15-17-19-20-18-16-14-12-10-8-6-4-2;1-3-9-7(2)5-4-6-8/h3-20H2,1-2H3;7,9H,3-6,8H2,1-2H3. The van der Waals surface area contributed by atoms with Gasteiger partial charge in [0.1, 0.15) is 0 Å². The molecule has 0 spiro atoms. The summed E-state index contributed by atoms with van der Waals surface area (Å²) in [5.74, 6) is 0. The quantitative estimate of drug-likeness (QED) is 0.174. The lowest BCUT2D eigenvalue weighted by Crippen LogP contribution is -2.25. The van der Waals surface area contributed by atoms with E-state index in [1.165, 1.54) is 122 Å². The van der Waals surface area contributed by atoms with Gasteiger partial charge >= 0.3 is 0 Å². The van der Waals surface area contributed by atoms with Gasteiger partial charge in [0.25, 0.3) is 0 Å². The lowest BCUT2D eigenvalue weighted by Gasteiger charge is -2.09. The molecule has 2 heteroatoms. The van der Waals surface area contributed by atoms with Gasteiger partial charge in [0.2, 0.25) is 0 Å². The molecule has 0 saturated heterocycles. The summed E-state index contributed by atoms with van der Waals surface area (Å²) in [6, 6.07) is 0.638. The Bertz CT molecular complexity index is 237. The van der Waals surface area contributed by atoms with E-state index in [0.29, 0.717) is 6.04 Å². The first-order chi connectivity index (χ1) is 14.2. The first-order valence-electron chi connectivity index (χ1n) is 13.7. The van der Waals surface area contributed by atoms with Gasteiger partial charge in [0.15, 0.2) is 0 Å². The van der Waals surface area contributed by atoms with Gasteiger partial charge in [-0.15, -0.1) is 0 Å². The molecular formula is C27H60N2. The molecule has 1 unspecified atom stereocenters. The maximum Gasteiger partial charge on any atom is 0.00390 e. The van der Waals surface area contributed by atoms with Gasteiger partial charge in [-0.05, 0) is 32.9 Å². The second kappa shape index (κ2) is 30.1. The summed E-state index contributed by atoms with van der Waals surface area (Å²) in [7, 11) is 0. The molecule has 0 amide bonds. The van der Waals surface area contributed by atoms with Crippen molar-refractivity contribution in [3.8, 4) is 0 Å². The molecule has 29 heavy (non-hydrogen) atoms. The monoisotopic (exact) mass is 412 g/mol. The first-order valence-corrected chi connectivity index (χ1v) is 13.7. The van der Waals surface area contributed by atoms with Crippen LogP contribution < -0.4 is 11.1 Å². The van der Waals surface area contributed by atoms with E-state index in [0.717, 1.165) is 19.5 Å². The predicted molar refractivity (Wildman–Crippen MR) is 136 cm³/mol. The van der Waals surface area contributed by atoms with Crippen molar-refractivity contribution < 1.29 is 0 Å². The van der Waals surface area contributed by atoms with Crippen LogP contribution in [0.15, 0.2) is 0 Å². The molecule has 0 aromatic rings. The SMILES string of the molecule is CCCCCCCCCCCCCCCCCCCC.CCNC(C)CCCN. The van der Waals surface area contributed by atoms with Gasteiger partial charge in [0.05, 0.1) is 0 Å². The number of hydrogen-bond acceptors (Lipinski definition) is 2. The third kappa shape index (κ3) is 32.8. The fourth-order valence-corrected chi connectivity index (χ4v) is 3.85. The average Bonchev–Trinajstić information content (AvgIpc) is 2.72. The van der Waals surface area contributed by atoms with Gasteiger partial charge in [-0.25, -0.2) is 0 Å². The Balaban J connectivity index is 0. The van der Waals surface area contributed by atoms with Crippen molar-refractivity contribution >= 4 is 0 Å². The molecule has 0 aliphatic carbocycles. The highest BCUT2D eigenvalue weighted by Crippen LogP contribution is 2.14. The smallest absolute Gasteiger partial charge is 0.00390 e. The zero-order valence-electron chi connectivity index (χ0n) is 21.2. The van der Waals surface area contributed by atoms with Crippen molar-refractivity contribution in [2.75, 3.05) is 13.1 Å². The molecule has 0 radical (unpaired) electrons. The fraction of sp³-hybridized carbons (Fsp3) is 1.00. The molecule has 0 bridgehead atoms. The van der Waals surface area contributed by atoms with Gasteiger partial charge < -0.3 is 11.1 Å². The van der Waals surface area contributed by atoms with Crippen LogP contribution in [-0.4, -0.2) is 19.1 Å². The largest absolute Gasteiger partial charge is 0.330 e. The molecule has 178 valence electrons. The predicted octanol–water partition coefficient (Wildman–Crippen LogP) is 8.77. The van der Waals surface area contributed by atoms with Crippen molar-refractivity contribution in [2.45, 2.75) is 162 Å². The molecule has 2 nitrogen and oxygen atoms in total. The van der Waals surface area contributed by atoms with Crippen molar-refractivity contribution in [1.82, 2.24) is 5.32 Å². The van der Waals surface area contributed by atoms with Crippen LogP contribution >= 0.6 is 0 Å². The molecule has 0 aromatic carbocycles. The van der Waals surface area contributed by atoms with Crippen LogP contribution in [-0.2, 0) is 0 Å². The van der Waals surface area contributed by atoms with E-state index in [9.17, 15) is 0 Å². The Kier molecular flexibility index (Phi) is 32.3. The molecule has 0 saturated carbocycles. The highest BCUT2D eigenvalue weighted by Gasteiger charge is 1.96. The Morgan fingerprint density at radius 1 is 0.517 bits per heavy atom. The topological polar surface area (TPSA) is 38.0 Å². The summed E-state index contributed by atoms with van der Waals surface area (Å²) >= 11 is 0. The van der Waals surface area contributed by atoms with E-state index in [2.05, 4.69) is 33.0 Å². The average molecular weight is 413 g/mol. The minimum atomic E-state index is 0.638. The molecule has 0 aliphatic rings. The summed E-state index contributed by atoms with van der Waals surface area (Å²) in [5, 5.41) is 3.32. The Morgan fingerprint density at radius 2 is 0.828 bits per heavy atom. The van der Waals surface area contributed by atoms with Crippen LogP contribution in [0.25, 0.3) is 0 Å². The number of unbranched alkanes of at least 4 members (excludes halogenated alkanes) is 17. The Hall–Kier alpha value is -0.0800. The second-order valence-electron chi connectivity index (χ2n) is 9.05. The van der Waals surface area contributed by atoms with E-state index < -0.39 is 0 Å². The molecule has 0 rings (SSSR count). The van der Waals surface area contributed by atoms with E-state index in [-0.39, 0.29) is 0 Å². The van der Waals surface area contributed by atoms with Crippen molar-refractivity contribution in [3.05, 3.63) is 0 Å². The summed E-state index contributed by atoms with van der Waals surface area (Å²) in [6.45, 7) is 10.8. The van der Waals surface area contributed by atoms with Gasteiger partial charge in [-0.2, -0.15) is 0 Å². The lowest BCUT2D eigenvalue weighted by molar-refractivity contribution is 0.516. The van der Waals surface area contributed by atoms with Gasteiger partial charge in [-0.1, -0.05) is 136 Å². The normalized spacial score (nSPS) is 11.9. The maximum absolute atomic E-state index is 5.35. The molecule has 0 aliphatic heterocycles. The number of nitrogens with one attached hydrogen (secondary N) is 1. The van der Waals surface area contributed by atoms with E-state index in [1.807, 2.05) is 0 Å². The third-order valence-electron chi connectivity index (χ3n) is 5.85. The van der Waals surface area contributed by atoms with Gasteiger partial charge in [0, 0.05) is 6.04 Å². The number of hydrogen-bond donors (Lipinski definition) is 2. The first kappa shape index (κ1) is 31.1. The van der Waals surface area contributed by atoms with Gasteiger partial charge in [-0.3, -0.25) is 0 Å². The maximum atomic E-state index is 5.35. The van der Waals surface area contributed by atoms with Crippen LogP contribution in [0.3, 0.4) is 0 Å². The van der Waals surface area contributed by atoms with E-state index >= 15 is 0 Å². The van der Waals surface area contributed by atoms with Crippen molar-refractivity contribution in [1.29, 1.82) is 0 Å². The Labute approximate surface area is 186 Å². The minimum Gasteiger partial charge on any atom is -0.330 e. The summed E-state index contributed by atoms with van der Waals surface area (Å²) in [5.41, 5.74) is 5.35. The summed E-state index contributed by atoms with van der Waals surface area (Å²) in [4.78, 5) is 0. The fourth-order valence-electron chi connectivity index (χ4n) is 3.85. The van der Waals surface area contributed by atoms with Crippen LogP contribution in [0.1, 0.15) is 156 Å². The van der Waals surface area contributed by atoms with Crippen molar-refractivity contribution in [3.63, 3.8) is 0 Å². The molecule has 0 aromatic heterocycles. The highest BCUT2D eigenvalue weighted by molar-refractivity contribution is 4.58. The van der Waals surface area contributed by atoms with Crippen LogP contribution in [0.2, 0.25) is 0 Å². The highest BCUT2D eigenvalue weighted by atomic mass is 14.9. The Morgan fingerprint density at radius 3 is 1.07 bits per heavy atom. The zero-order valence-corrected chi connectivity index (χ0v) is 21.2. The lowest BCUT2D eigenvalue weighted by atomic mass is 10.0. The molecule has 1 atom stereocenters. The second-order valence-corrected chi connectivity index (χ2v) is 9.05. The number of nitrogens with two attached hydrogens (primary N) is 1. The molecule has 0 fully saturated rings. The minimum absolute atomic E-state index is 0.638. The van der Waals surface area contributed by atoms with Crippen LogP contribution in [0.4, 0.5) is 0 Å². The van der Waals surface area contributed by atoms with E-state index in [1.54, 1.807) is 0 Å².